The lowest BCUT2D eigenvalue weighted by molar-refractivity contribution is -0.123. The SMILES string of the molecule is Cc1cccc(OCCN2C(=O)S/C(=C\c3ccc(OCC(=O)Nc4ccc(Cl)cc4)c(Cl)c3)C2=O)c1. The Morgan fingerprint density at radius 3 is 2.54 bits per heavy atom. The van der Waals surface area contributed by atoms with Crippen molar-refractivity contribution < 1.29 is 23.9 Å². The highest BCUT2D eigenvalue weighted by Gasteiger charge is 2.34. The highest BCUT2D eigenvalue weighted by molar-refractivity contribution is 8.18. The van der Waals surface area contributed by atoms with Crippen LogP contribution in [-0.4, -0.2) is 41.7 Å². The minimum Gasteiger partial charge on any atom is -0.492 e. The maximum absolute atomic E-state index is 12.8. The third kappa shape index (κ3) is 7.29. The van der Waals surface area contributed by atoms with E-state index in [0.717, 1.165) is 22.2 Å². The van der Waals surface area contributed by atoms with E-state index in [2.05, 4.69) is 5.32 Å². The largest absolute Gasteiger partial charge is 0.492 e. The molecule has 1 fully saturated rings. The van der Waals surface area contributed by atoms with Crippen molar-refractivity contribution in [3.8, 4) is 11.5 Å². The predicted octanol–water partition coefficient (Wildman–Crippen LogP) is 6.43. The fourth-order valence-electron chi connectivity index (χ4n) is 3.40. The molecule has 4 rings (SSSR count). The molecular formula is C27H22Cl2N2O5S. The Hall–Kier alpha value is -3.46. The number of hydrogen-bond acceptors (Lipinski definition) is 6. The lowest BCUT2D eigenvalue weighted by atomic mass is 10.2. The number of halogens is 2. The second-order valence-corrected chi connectivity index (χ2v) is 9.87. The average Bonchev–Trinajstić information content (AvgIpc) is 3.12. The molecule has 190 valence electrons. The van der Waals surface area contributed by atoms with Crippen molar-refractivity contribution in [2.45, 2.75) is 6.92 Å². The van der Waals surface area contributed by atoms with E-state index in [1.807, 2.05) is 31.2 Å². The smallest absolute Gasteiger partial charge is 0.293 e. The molecule has 1 saturated heterocycles. The van der Waals surface area contributed by atoms with Crippen molar-refractivity contribution in [3.05, 3.63) is 92.8 Å². The lowest BCUT2D eigenvalue weighted by Gasteiger charge is -2.13. The summed E-state index contributed by atoms with van der Waals surface area (Å²) in [6, 6.07) is 19.1. The Morgan fingerprint density at radius 2 is 1.81 bits per heavy atom. The average molecular weight is 557 g/mol. The van der Waals surface area contributed by atoms with Crippen molar-refractivity contribution in [2.24, 2.45) is 0 Å². The molecule has 3 aromatic carbocycles. The van der Waals surface area contributed by atoms with Gasteiger partial charge in [0, 0.05) is 10.7 Å². The molecule has 0 spiro atoms. The number of nitrogens with zero attached hydrogens (tertiary/aromatic N) is 1. The number of hydrogen-bond donors (Lipinski definition) is 1. The zero-order chi connectivity index (χ0) is 26.4. The van der Waals surface area contributed by atoms with Crippen LogP contribution in [0.25, 0.3) is 6.08 Å². The molecule has 1 aliphatic heterocycles. The molecule has 10 heteroatoms. The second-order valence-electron chi connectivity index (χ2n) is 8.03. The quantitative estimate of drug-likeness (QED) is 0.305. The van der Waals surface area contributed by atoms with Gasteiger partial charge >= 0.3 is 0 Å². The molecule has 0 unspecified atom stereocenters. The van der Waals surface area contributed by atoms with Crippen LogP contribution < -0.4 is 14.8 Å². The van der Waals surface area contributed by atoms with E-state index in [1.165, 1.54) is 0 Å². The first kappa shape index (κ1) is 26.6. The molecule has 0 aromatic heterocycles. The second kappa shape index (κ2) is 12.2. The van der Waals surface area contributed by atoms with Gasteiger partial charge in [0.1, 0.15) is 18.1 Å². The molecule has 0 radical (unpaired) electrons. The van der Waals surface area contributed by atoms with Gasteiger partial charge in [-0.1, -0.05) is 41.4 Å². The molecule has 0 saturated carbocycles. The normalized spacial score (nSPS) is 14.2. The Labute approximate surface area is 228 Å². The van der Waals surface area contributed by atoms with E-state index < -0.39 is 5.91 Å². The van der Waals surface area contributed by atoms with Gasteiger partial charge in [0.2, 0.25) is 0 Å². The number of nitrogens with one attached hydrogen (secondary N) is 1. The summed E-state index contributed by atoms with van der Waals surface area (Å²) < 4.78 is 11.2. The summed E-state index contributed by atoms with van der Waals surface area (Å²) in [5.74, 6) is 0.245. The molecule has 3 aromatic rings. The highest BCUT2D eigenvalue weighted by atomic mass is 35.5. The zero-order valence-electron chi connectivity index (χ0n) is 19.7. The van der Waals surface area contributed by atoms with Gasteiger partial charge in [-0.05, 0) is 84.4 Å². The summed E-state index contributed by atoms with van der Waals surface area (Å²) in [7, 11) is 0. The molecule has 37 heavy (non-hydrogen) atoms. The van der Waals surface area contributed by atoms with Gasteiger partial charge in [-0.2, -0.15) is 0 Å². The predicted molar refractivity (Wildman–Crippen MR) is 146 cm³/mol. The highest BCUT2D eigenvalue weighted by Crippen LogP contribution is 2.33. The van der Waals surface area contributed by atoms with Crippen LogP contribution in [0.3, 0.4) is 0 Å². The van der Waals surface area contributed by atoms with Crippen LogP contribution in [-0.2, 0) is 9.59 Å². The third-order valence-electron chi connectivity index (χ3n) is 5.19. The first-order chi connectivity index (χ1) is 17.8. The number of rotatable bonds is 9. The third-order valence-corrected chi connectivity index (χ3v) is 6.64. The summed E-state index contributed by atoms with van der Waals surface area (Å²) in [4.78, 5) is 38.7. The van der Waals surface area contributed by atoms with Gasteiger partial charge in [0.05, 0.1) is 16.5 Å². The summed E-state index contributed by atoms with van der Waals surface area (Å²) >= 11 is 13.0. The number of ether oxygens (including phenoxy) is 2. The monoisotopic (exact) mass is 556 g/mol. The van der Waals surface area contributed by atoms with Crippen molar-refractivity contribution in [2.75, 3.05) is 25.1 Å². The lowest BCUT2D eigenvalue weighted by Crippen LogP contribution is -2.32. The molecule has 1 aliphatic rings. The number of carbonyl (C=O) groups is 3. The number of thioether (sulfide) groups is 1. The summed E-state index contributed by atoms with van der Waals surface area (Å²) in [5.41, 5.74) is 2.27. The molecule has 0 atom stereocenters. The zero-order valence-corrected chi connectivity index (χ0v) is 22.0. The molecule has 1 heterocycles. The van der Waals surface area contributed by atoms with Gasteiger partial charge in [0.15, 0.2) is 6.61 Å². The number of amides is 3. The van der Waals surface area contributed by atoms with Gasteiger partial charge in [0.25, 0.3) is 17.1 Å². The molecule has 7 nitrogen and oxygen atoms in total. The minimum atomic E-state index is -0.391. The maximum atomic E-state index is 12.8. The Balaban J connectivity index is 1.31. The van der Waals surface area contributed by atoms with E-state index in [1.54, 1.807) is 48.5 Å². The van der Waals surface area contributed by atoms with Crippen LogP contribution in [0.15, 0.2) is 71.6 Å². The van der Waals surface area contributed by atoms with Crippen LogP contribution in [0.2, 0.25) is 10.0 Å². The molecule has 3 amide bonds. The summed E-state index contributed by atoms with van der Waals surface area (Å²) in [6.45, 7) is 2.05. The number of benzene rings is 3. The molecule has 1 N–H and O–H groups in total. The molecular weight excluding hydrogens is 535 g/mol. The van der Waals surface area contributed by atoms with E-state index >= 15 is 0 Å². The first-order valence-electron chi connectivity index (χ1n) is 11.2. The van der Waals surface area contributed by atoms with Crippen molar-refractivity contribution in [1.29, 1.82) is 0 Å². The van der Waals surface area contributed by atoms with E-state index in [9.17, 15) is 14.4 Å². The van der Waals surface area contributed by atoms with Crippen LogP contribution in [0.4, 0.5) is 10.5 Å². The van der Waals surface area contributed by atoms with Gasteiger partial charge < -0.3 is 14.8 Å². The fourth-order valence-corrected chi connectivity index (χ4v) is 4.64. The fraction of sp³-hybridized carbons (Fsp3) is 0.148. The summed E-state index contributed by atoms with van der Waals surface area (Å²) in [5, 5.41) is 3.17. The Morgan fingerprint density at radius 1 is 1.03 bits per heavy atom. The van der Waals surface area contributed by atoms with Crippen LogP contribution in [0.5, 0.6) is 11.5 Å². The van der Waals surface area contributed by atoms with E-state index in [0.29, 0.717) is 27.8 Å². The minimum absolute atomic E-state index is 0.140. The maximum Gasteiger partial charge on any atom is 0.293 e. The topological polar surface area (TPSA) is 84.9 Å². The molecule has 0 bridgehead atoms. The van der Waals surface area contributed by atoms with Gasteiger partial charge in [-0.3, -0.25) is 19.3 Å². The van der Waals surface area contributed by atoms with Crippen molar-refractivity contribution in [3.63, 3.8) is 0 Å². The van der Waals surface area contributed by atoms with Gasteiger partial charge in [-0.25, -0.2) is 0 Å². The first-order valence-corrected chi connectivity index (χ1v) is 12.8. The Bertz CT molecular complexity index is 1360. The van der Waals surface area contributed by atoms with Crippen molar-refractivity contribution >= 4 is 63.8 Å². The number of aryl methyl sites for hydroxylation is 1. The Kier molecular flexibility index (Phi) is 8.76. The van der Waals surface area contributed by atoms with Gasteiger partial charge in [-0.15, -0.1) is 0 Å². The number of imide groups is 1. The van der Waals surface area contributed by atoms with E-state index in [-0.39, 0.29) is 40.8 Å². The van der Waals surface area contributed by atoms with Crippen LogP contribution in [0, 0.1) is 6.92 Å². The van der Waals surface area contributed by atoms with E-state index in [4.69, 9.17) is 32.7 Å². The van der Waals surface area contributed by atoms with Crippen LogP contribution >= 0.6 is 35.0 Å². The number of anilines is 1. The molecule has 0 aliphatic carbocycles. The summed E-state index contributed by atoms with van der Waals surface area (Å²) in [6.07, 6.45) is 1.59. The van der Waals surface area contributed by atoms with Crippen LogP contribution in [0.1, 0.15) is 11.1 Å². The van der Waals surface area contributed by atoms with Crippen molar-refractivity contribution in [1.82, 2.24) is 4.90 Å². The standard InChI is InChI=1S/C27H22Cl2N2O5S/c1-17-3-2-4-21(13-17)35-12-11-31-26(33)24(37-27(31)34)15-18-5-10-23(22(29)14-18)36-16-25(32)30-20-8-6-19(28)7-9-20/h2-10,13-15H,11-12,16H2,1H3,(H,30,32)/b24-15-. The number of carbonyl (C=O) groups excluding carboxylic acids is 3.